The number of anilines is 2. The van der Waals surface area contributed by atoms with E-state index in [-0.39, 0.29) is 5.91 Å². The standard InChI is InChI=1S/C15H16BrN3O2/c1-9-3-5-11(12(7-9)19-17)15(20)18-13-8-10(16)4-6-14(13)21-2/h3-8,19H,17H2,1-2H3,(H,18,20). The van der Waals surface area contributed by atoms with Crippen LogP contribution in [-0.4, -0.2) is 13.0 Å². The van der Waals surface area contributed by atoms with Crippen molar-refractivity contribution in [2.75, 3.05) is 17.9 Å². The van der Waals surface area contributed by atoms with E-state index in [0.29, 0.717) is 22.7 Å². The average molecular weight is 350 g/mol. The maximum Gasteiger partial charge on any atom is 0.257 e. The number of hydrogen-bond donors (Lipinski definition) is 3. The molecule has 2 aromatic carbocycles. The van der Waals surface area contributed by atoms with Crippen molar-refractivity contribution in [2.45, 2.75) is 6.92 Å². The Bertz CT molecular complexity index is 674. The number of nitrogens with two attached hydrogens (primary N) is 1. The number of amides is 1. The summed E-state index contributed by atoms with van der Waals surface area (Å²) in [6.45, 7) is 1.93. The number of nitrogens with one attached hydrogen (secondary N) is 2. The highest BCUT2D eigenvalue weighted by atomic mass is 79.9. The minimum absolute atomic E-state index is 0.264. The molecule has 0 fully saturated rings. The number of halogens is 1. The molecule has 2 rings (SSSR count). The molecule has 0 aliphatic heterocycles. The zero-order valence-electron chi connectivity index (χ0n) is 11.7. The van der Waals surface area contributed by atoms with Crippen LogP contribution in [-0.2, 0) is 0 Å². The third-order valence-electron chi connectivity index (χ3n) is 2.98. The summed E-state index contributed by atoms with van der Waals surface area (Å²) in [5.74, 6) is 5.79. The summed E-state index contributed by atoms with van der Waals surface area (Å²) < 4.78 is 6.08. The van der Waals surface area contributed by atoms with Crippen LogP contribution in [0.4, 0.5) is 11.4 Å². The summed E-state index contributed by atoms with van der Waals surface area (Å²) in [7, 11) is 1.55. The normalized spacial score (nSPS) is 10.1. The van der Waals surface area contributed by atoms with Crippen molar-refractivity contribution >= 4 is 33.2 Å². The van der Waals surface area contributed by atoms with Gasteiger partial charge in [0.2, 0.25) is 0 Å². The maximum absolute atomic E-state index is 12.4. The molecule has 1 amide bonds. The monoisotopic (exact) mass is 349 g/mol. The van der Waals surface area contributed by atoms with Crippen molar-refractivity contribution in [3.05, 3.63) is 52.0 Å². The lowest BCUT2D eigenvalue weighted by Crippen LogP contribution is -2.17. The highest BCUT2D eigenvalue weighted by Gasteiger charge is 2.13. The van der Waals surface area contributed by atoms with Gasteiger partial charge in [0.25, 0.3) is 5.91 Å². The Labute approximate surface area is 131 Å². The highest BCUT2D eigenvalue weighted by molar-refractivity contribution is 9.10. The van der Waals surface area contributed by atoms with Gasteiger partial charge in [0.1, 0.15) is 5.75 Å². The number of rotatable bonds is 4. The molecule has 0 heterocycles. The molecule has 21 heavy (non-hydrogen) atoms. The van der Waals surface area contributed by atoms with Gasteiger partial charge in [0.15, 0.2) is 0 Å². The quantitative estimate of drug-likeness (QED) is 0.584. The van der Waals surface area contributed by atoms with Crippen molar-refractivity contribution in [1.82, 2.24) is 0 Å². The fourth-order valence-electron chi connectivity index (χ4n) is 1.94. The van der Waals surface area contributed by atoms with Crippen LogP contribution in [0.15, 0.2) is 40.9 Å². The van der Waals surface area contributed by atoms with Crippen molar-refractivity contribution in [1.29, 1.82) is 0 Å². The largest absolute Gasteiger partial charge is 0.495 e. The van der Waals surface area contributed by atoms with E-state index >= 15 is 0 Å². The molecule has 0 aromatic heterocycles. The first-order chi connectivity index (χ1) is 10.0. The predicted molar refractivity (Wildman–Crippen MR) is 87.6 cm³/mol. The van der Waals surface area contributed by atoms with Crippen molar-refractivity contribution in [2.24, 2.45) is 5.84 Å². The first-order valence-corrected chi connectivity index (χ1v) is 7.06. The minimum atomic E-state index is -0.264. The van der Waals surface area contributed by atoms with Crippen LogP contribution in [0, 0.1) is 6.92 Å². The Morgan fingerprint density at radius 1 is 1.19 bits per heavy atom. The number of methoxy groups -OCH3 is 1. The van der Waals surface area contributed by atoms with Gasteiger partial charge >= 0.3 is 0 Å². The van der Waals surface area contributed by atoms with Crippen LogP contribution in [0.3, 0.4) is 0 Å². The molecule has 5 nitrogen and oxygen atoms in total. The lowest BCUT2D eigenvalue weighted by atomic mass is 10.1. The molecule has 0 aliphatic rings. The third-order valence-corrected chi connectivity index (χ3v) is 3.48. The summed E-state index contributed by atoms with van der Waals surface area (Å²) >= 11 is 3.37. The second-order valence-corrected chi connectivity index (χ2v) is 5.41. The Balaban J connectivity index is 2.32. The second-order valence-electron chi connectivity index (χ2n) is 4.49. The molecule has 0 unspecified atom stereocenters. The predicted octanol–water partition coefficient (Wildman–Crippen LogP) is 3.30. The van der Waals surface area contributed by atoms with Gasteiger partial charge in [-0.1, -0.05) is 22.0 Å². The molecule has 4 N–H and O–H groups in total. The SMILES string of the molecule is COc1ccc(Br)cc1NC(=O)c1ccc(C)cc1NN. The first kappa shape index (κ1) is 15.3. The first-order valence-electron chi connectivity index (χ1n) is 6.27. The van der Waals surface area contributed by atoms with Gasteiger partial charge in [0.05, 0.1) is 24.0 Å². The average Bonchev–Trinajstić information content (AvgIpc) is 2.47. The summed E-state index contributed by atoms with van der Waals surface area (Å²) in [4.78, 5) is 12.4. The molecule has 0 spiro atoms. The summed E-state index contributed by atoms with van der Waals surface area (Å²) in [6, 6.07) is 10.8. The molecule has 0 bridgehead atoms. The number of aryl methyl sites for hydroxylation is 1. The molecule has 0 atom stereocenters. The van der Waals surface area contributed by atoms with Crippen LogP contribution in [0.25, 0.3) is 0 Å². The molecular formula is C15H16BrN3O2. The van der Waals surface area contributed by atoms with E-state index in [1.54, 1.807) is 25.3 Å². The Morgan fingerprint density at radius 3 is 2.62 bits per heavy atom. The molecular weight excluding hydrogens is 334 g/mol. The molecule has 6 heteroatoms. The van der Waals surface area contributed by atoms with E-state index in [1.165, 1.54) is 0 Å². The Morgan fingerprint density at radius 2 is 1.95 bits per heavy atom. The van der Waals surface area contributed by atoms with E-state index in [0.717, 1.165) is 10.0 Å². The Hall–Kier alpha value is -2.05. The topological polar surface area (TPSA) is 76.4 Å². The molecule has 0 saturated heterocycles. The number of carbonyl (C=O) groups excluding carboxylic acids is 1. The Kier molecular flexibility index (Phi) is 4.82. The fourth-order valence-corrected chi connectivity index (χ4v) is 2.30. The van der Waals surface area contributed by atoms with E-state index in [4.69, 9.17) is 10.6 Å². The van der Waals surface area contributed by atoms with Gasteiger partial charge in [0, 0.05) is 4.47 Å². The van der Waals surface area contributed by atoms with Gasteiger partial charge in [-0.25, -0.2) is 0 Å². The van der Waals surface area contributed by atoms with Crippen LogP contribution in [0.1, 0.15) is 15.9 Å². The van der Waals surface area contributed by atoms with Gasteiger partial charge in [-0.05, 0) is 42.8 Å². The van der Waals surface area contributed by atoms with E-state index in [2.05, 4.69) is 26.7 Å². The number of benzene rings is 2. The van der Waals surface area contributed by atoms with Gasteiger partial charge < -0.3 is 15.5 Å². The lowest BCUT2D eigenvalue weighted by Gasteiger charge is -2.13. The van der Waals surface area contributed by atoms with Crippen LogP contribution < -0.4 is 21.3 Å². The lowest BCUT2D eigenvalue weighted by molar-refractivity contribution is 0.102. The number of ether oxygens (including phenoxy) is 1. The molecule has 0 saturated carbocycles. The van der Waals surface area contributed by atoms with Crippen molar-refractivity contribution in [3.63, 3.8) is 0 Å². The zero-order valence-corrected chi connectivity index (χ0v) is 13.3. The fraction of sp³-hybridized carbons (Fsp3) is 0.133. The highest BCUT2D eigenvalue weighted by Crippen LogP contribution is 2.29. The number of hydrogen-bond acceptors (Lipinski definition) is 4. The summed E-state index contributed by atoms with van der Waals surface area (Å²) in [5.41, 5.74) is 5.17. The number of carbonyl (C=O) groups is 1. The van der Waals surface area contributed by atoms with Gasteiger partial charge in [-0.3, -0.25) is 10.6 Å². The minimum Gasteiger partial charge on any atom is -0.495 e. The molecule has 0 aliphatic carbocycles. The smallest absolute Gasteiger partial charge is 0.257 e. The third kappa shape index (κ3) is 3.53. The maximum atomic E-state index is 12.4. The van der Waals surface area contributed by atoms with E-state index in [9.17, 15) is 4.79 Å². The van der Waals surface area contributed by atoms with Gasteiger partial charge in [-0.15, -0.1) is 0 Å². The van der Waals surface area contributed by atoms with Crippen LogP contribution >= 0.6 is 15.9 Å². The van der Waals surface area contributed by atoms with Crippen LogP contribution in [0.5, 0.6) is 5.75 Å². The van der Waals surface area contributed by atoms with Crippen molar-refractivity contribution < 1.29 is 9.53 Å². The van der Waals surface area contributed by atoms with Crippen molar-refractivity contribution in [3.8, 4) is 5.75 Å². The number of nitrogen functional groups attached to an aromatic ring is 1. The van der Waals surface area contributed by atoms with Gasteiger partial charge in [-0.2, -0.15) is 0 Å². The number of hydrazine groups is 1. The van der Waals surface area contributed by atoms with E-state index < -0.39 is 0 Å². The molecule has 2 aromatic rings. The summed E-state index contributed by atoms with van der Waals surface area (Å²) in [5, 5.41) is 2.82. The van der Waals surface area contributed by atoms with E-state index in [1.807, 2.05) is 25.1 Å². The molecule has 110 valence electrons. The molecule has 0 radical (unpaired) electrons. The second kappa shape index (κ2) is 6.60. The summed E-state index contributed by atoms with van der Waals surface area (Å²) in [6.07, 6.45) is 0. The van der Waals surface area contributed by atoms with Crippen LogP contribution in [0.2, 0.25) is 0 Å². The zero-order chi connectivity index (χ0) is 15.4.